The minimum absolute atomic E-state index is 0.184. The Morgan fingerprint density at radius 3 is 2.65 bits per heavy atom. The van der Waals surface area contributed by atoms with E-state index in [4.69, 9.17) is 26.2 Å². The molecule has 0 aromatic heterocycles. The topological polar surface area (TPSA) is 55.8 Å². The summed E-state index contributed by atoms with van der Waals surface area (Å²) in [5.41, 5.74) is 0.983. The van der Waals surface area contributed by atoms with E-state index < -0.39 is 5.97 Å². The normalized spacial score (nSPS) is 10.1. The van der Waals surface area contributed by atoms with Crippen LogP contribution < -0.4 is 9.47 Å². The van der Waals surface area contributed by atoms with E-state index in [0.717, 1.165) is 5.56 Å². The first kappa shape index (κ1) is 14.2. The molecule has 0 unspecified atom stereocenters. The Kier molecular flexibility index (Phi) is 4.48. The van der Waals surface area contributed by atoms with Crippen LogP contribution in [0.4, 0.5) is 0 Å². The van der Waals surface area contributed by atoms with Gasteiger partial charge in [0.1, 0.15) is 18.1 Å². The highest BCUT2D eigenvalue weighted by Crippen LogP contribution is 2.24. The van der Waals surface area contributed by atoms with Crippen LogP contribution >= 0.6 is 11.6 Å². The number of methoxy groups -OCH3 is 1. The largest absolute Gasteiger partial charge is 0.497 e. The molecule has 0 spiro atoms. The monoisotopic (exact) mass is 292 g/mol. The van der Waals surface area contributed by atoms with Gasteiger partial charge in [-0.3, -0.25) is 0 Å². The molecular weight excluding hydrogens is 280 g/mol. The van der Waals surface area contributed by atoms with Crippen molar-refractivity contribution in [1.82, 2.24) is 0 Å². The maximum Gasteiger partial charge on any atom is 0.335 e. The van der Waals surface area contributed by atoms with Gasteiger partial charge in [-0.25, -0.2) is 4.79 Å². The second kappa shape index (κ2) is 6.30. The molecule has 20 heavy (non-hydrogen) atoms. The minimum Gasteiger partial charge on any atom is -0.497 e. The van der Waals surface area contributed by atoms with Gasteiger partial charge in [-0.2, -0.15) is 0 Å². The highest BCUT2D eigenvalue weighted by molar-refractivity contribution is 6.31. The van der Waals surface area contributed by atoms with Gasteiger partial charge in [-0.15, -0.1) is 0 Å². The van der Waals surface area contributed by atoms with E-state index in [9.17, 15) is 4.79 Å². The fraction of sp³-hybridized carbons (Fsp3) is 0.133. The molecule has 2 aromatic carbocycles. The number of aromatic carboxylic acids is 1. The van der Waals surface area contributed by atoms with E-state index in [2.05, 4.69) is 0 Å². The number of hydrogen-bond acceptors (Lipinski definition) is 3. The van der Waals surface area contributed by atoms with Crippen LogP contribution in [-0.4, -0.2) is 18.2 Å². The highest BCUT2D eigenvalue weighted by Gasteiger charge is 2.06. The molecule has 0 saturated heterocycles. The van der Waals surface area contributed by atoms with Gasteiger partial charge in [0.15, 0.2) is 0 Å². The lowest BCUT2D eigenvalue weighted by Crippen LogP contribution is -1.99. The number of carbonyl (C=O) groups is 1. The van der Waals surface area contributed by atoms with Crippen LogP contribution in [0.5, 0.6) is 11.5 Å². The van der Waals surface area contributed by atoms with Crippen LogP contribution in [0.2, 0.25) is 5.02 Å². The van der Waals surface area contributed by atoms with Crippen molar-refractivity contribution in [3.8, 4) is 11.5 Å². The highest BCUT2D eigenvalue weighted by atomic mass is 35.5. The molecule has 2 rings (SSSR count). The first-order valence-electron chi connectivity index (χ1n) is 5.88. The minimum atomic E-state index is -0.988. The van der Waals surface area contributed by atoms with Gasteiger partial charge in [0.25, 0.3) is 0 Å². The number of carboxylic acid groups (broad SMARTS) is 1. The quantitative estimate of drug-likeness (QED) is 0.914. The first-order chi connectivity index (χ1) is 9.60. The molecule has 0 aliphatic rings. The molecule has 104 valence electrons. The molecule has 4 nitrogen and oxygen atoms in total. The summed E-state index contributed by atoms with van der Waals surface area (Å²) in [6.45, 7) is 0.256. The summed E-state index contributed by atoms with van der Waals surface area (Å²) in [5, 5.41) is 9.45. The summed E-state index contributed by atoms with van der Waals surface area (Å²) >= 11 is 6.10. The van der Waals surface area contributed by atoms with Gasteiger partial charge in [0, 0.05) is 5.56 Å². The predicted molar refractivity (Wildman–Crippen MR) is 75.7 cm³/mol. The van der Waals surface area contributed by atoms with Crippen molar-refractivity contribution in [3.05, 3.63) is 58.6 Å². The summed E-state index contributed by atoms with van der Waals surface area (Å²) < 4.78 is 10.6. The molecule has 0 fully saturated rings. The lowest BCUT2D eigenvalue weighted by Gasteiger charge is -2.09. The van der Waals surface area contributed by atoms with Crippen molar-refractivity contribution in [1.29, 1.82) is 0 Å². The molecule has 2 aromatic rings. The Hall–Kier alpha value is -2.20. The van der Waals surface area contributed by atoms with Crippen LogP contribution in [0.1, 0.15) is 15.9 Å². The van der Waals surface area contributed by atoms with Crippen molar-refractivity contribution in [2.75, 3.05) is 7.11 Å². The number of hydrogen-bond donors (Lipinski definition) is 1. The van der Waals surface area contributed by atoms with Gasteiger partial charge in [-0.05, 0) is 30.3 Å². The Balaban J connectivity index is 2.09. The maximum absolute atomic E-state index is 10.9. The van der Waals surface area contributed by atoms with Gasteiger partial charge >= 0.3 is 5.97 Å². The van der Waals surface area contributed by atoms with Crippen molar-refractivity contribution < 1.29 is 19.4 Å². The van der Waals surface area contributed by atoms with Crippen molar-refractivity contribution in [2.24, 2.45) is 0 Å². The average molecular weight is 293 g/mol. The SMILES string of the molecule is COc1ccc(COc2cccc(C(=O)O)c2)c(Cl)c1. The Labute approximate surface area is 121 Å². The van der Waals surface area contributed by atoms with Crippen LogP contribution in [0.3, 0.4) is 0 Å². The third-order valence-electron chi connectivity index (χ3n) is 2.74. The predicted octanol–water partition coefficient (Wildman–Crippen LogP) is 3.63. The third-order valence-corrected chi connectivity index (χ3v) is 3.09. The van der Waals surface area contributed by atoms with Gasteiger partial charge < -0.3 is 14.6 Å². The van der Waals surface area contributed by atoms with E-state index >= 15 is 0 Å². The third kappa shape index (κ3) is 3.42. The molecule has 0 aliphatic heterocycles. The van der Waals surface area contributed by atoms with E-state index in [1.165, 1.54) is 12.1 Å². The molecule has 0 amide bonds. The molecule has 5 heteroatoms. The van der Waals surface area contributed by atoms with Gasteiger partial charge in [-0.1, -0.05) is 23.7 Å². The van der Waals surface area contributed by atoms with E-state index in [0.29, 0.717) is 16.5 Å². The number of benzene rings is 2. The molecule has 0 atom stereocenters. The fourth-order valence-corrected chi connectivity index (χ4v) is 1.88. The molecule has 0 saturated carbocycles. The Bertz CT molecular complexity index is 625. The molecule has 0 aliphatic carbocycles. The van der Waals surface area contributed by atoms with Crippen molar-refractivity contribution >= 4 is 17.6 Å². The van der Waals surface area contributed by atoms with Gasteiger partial charge in [0.05, 0.1) is 17.7 Å². The second-order valence-electron chi connectivity index (χ2n) is 4.08. The summed E-state index contributed by atoms with van der Waals surface area (Å²) in [6.07, 6.45) is 0. The zero-order chi connectivity index (χ0) is 14.5. The fourth-order valence-electron chi connectivity index (χ4n) is 1.65. The summed E-state index contributed by atoms with van der Waals surface area (Å²) in [5.74, 6) is 0.168. The number of ether oxygens (including phenoxy) is 2. The number of carboxylic acids is 1. The van der Waals surface area contributed by atoms with E-state index in [1.807, 2.05) is 6.07 Å². The van der Waals surface area contributed by atoms with Crippen LogP contribution in [0.25, 0.3) is 0 Å². The summed E-state index contributed by atoms with van der Waals surface area (Å²) in [7, 11) is 1.57. The molecule has 0 heterocycles. The molecule has 0 bridgehead atoms. The van der Waals surface area contributed by atoms with Crippen LogP contribution in [0.15, 0.2) is 42.5 Å². The standard InChI is InChI=1S/C15H13ClO4/c1-19-12-6-5-11(14(16)8-12)9-20-13-4-2-3-10(7-13)15(17)18/h2-8H,9H2,1H3,(H,17,18). The lowest BCUT2D eigenvalue weighted by molar-refractivity contribution is 0.0696. The van der Waals surface area contributed by atoms with E-state index in [-0.39, 0.29) is 12.2 Å². The summed E-state index contributed by atoms with van der Waals surface area (Å²) in [4.78, 5) is 10.9. The first-order valence-corrected chi connectivity index (χ1v) is 6.26. The Morgan fingerprint density at radius 2 is 2.00 bits per heavy atom. The van der Waals surface area contributed by atoms with Crippen LogP contribution in [0, 0.1) is 0 Å². The lowest BCUT2D eigenvalue weighted by atomic mass is 10.2. The summed E-state index contributed by atoms with van der Waals surface area (Å²) in [6, 6.07) is 11.6. The smallest absolute Gasteiger partial charge is 0.335 e. The van der Waals surface area contributed by atoms with Crippen molar-refractivity contribution in [2.45, 2.75) is 6.61 Å². The zero-order valence-electron chi connectivity index (χ0n) is 10.8. The van der Waals surface area contributed by atoms with Crippen LogP contribution in [-0.2, 0) is 6.61 Å². The van der Waals surface area contributed by atoms with E-state index in [1.54, 1.807) is 31.4 Å². The molecular formula is C15H13ClO4. The Morgan fingerprint density at radius 1 is 1.20 bits per heavy atom. The van der Waals surface area contributed by atoms with Gasteiger partial charge in [0.2, 0.25) is 0 Å². The molecule has 0 radical (unpaired) electrons. The molecule has 1 N–H and O–H groups in total. The second-order valence-corrected chi connectivity index (χ2v) is 4.49. The zero-order valence-corrected chi connectivity index (χ0v) is 11.6. The number of rotatable bonds is 5. The number of halogens is 1. The maximum atomic E-state index is 10.9. The van der Waals surface area contributed by atoms with Crippen molar-refractivity contribution in [3.63, 3.8) is 0 Å². The average Bonchev–Trinajstić information content (AvgIpc) is 2.46.